The van der Waals surface area contributed by atoms with Crippen LogP contribution in [0.2, 0.25) is 0 Å². The fourth-order valence-electron chi connectivity index (χ4n) is 5.70. The molecule has 0 N–H and O–H groups in total. The average molecular weight is 437 g/mol. The number of carbonyl (C=O) groups is 1. The zero-order valence-corrected chi connectivity index (χ0v) is 18.8. The predicted molar refractivity (Wildman–Crippen MR) is 123 cm³/mol. The van der Waals surface area contributed by atoms with Gasteiger partial charge in [-0.2, -0.15) is 0 Å². The fraction of sp³-hybridized carbons (Fsp3) is 0.519. The lowest BCUT2D eigenvalue weighted by Crippen LogP contribution is -2.44. The first-order valence-electron chi connectivity index (χ1n) is 12.1. The molecule has 32 heavy (non-hydrogen) atoms. The molecule has 0 aromatic heterocycles. The third-order valence-electron chi connectivity index (χ3n) is 7.59. The molecule has 3 aliphatic rings. The molecule has 0 saturated carbocycles. The zero-order valence-electron chi connectivity index (χ0n) is 18.8. The number of benzene rings is 2. The van der Waals surface area contributed by atoms with Gasteiger partial charge in [-0.25, -0.2) is 4.39 Å². The van der Waals surface area contributed by atoms with Crippen LogP contribution in [0.4, 0.5) is 4.39 Å². The molecule has 2 aromatic carbocycles. The SMILES string of the molecule is O=C(c1ccccc1CN1CCCC1)N1CCC2(CC1)CO[C@H](Cc1cccc(F)c1)C2. The molecule has 0 radical (unpaired) electrons. The number of piperidine rings is 1. The summed E-state index contributed by atoms with van der Waals surface area (Å²) < 4.78 is 19.6. The highest BCUT2D eigenvalue weighted by molar-refractivity contribution is 5.95. The second-order valence-electron chi connectivity index (χ2n) is 9.90. The van der Waals surface area contributed by atoms with Gasteiger partial charge >= 0.3 is 0 Å². The molecule has 170 valence electrons. The van der Waals surface area contributed by atoms with Gasteiger partial charge in [0.2, 0.25) is 0 Å². The van der Waals surface area contributed by atoms with E-state index >= 15 is 0 Å². The molecular weight excluding hydrogens is 403 g/mol. The summed E-state index contributed by atoms with van der Waals surface area (Å²) in [6, 6.07) is 15.0. The van der Waals surface area contributed by atoms with Crippen molar-refractivity contribution in [3.63, 3.8) is 0 Å². The van der Waals surface area contributed by atoms with E-state index in [0.717, 1.165) is 81.7 Å². The lowest BCUT2D eigenvalue weighted by Gasteiger charge is -2.38. The molecule has 1 spiro atoms. The Bertz CT molecular complexity index is 948. The Morgan fingerprint density at radius 1 is 1.03 bits per heavy atom. The third-order valence-corrected chi connectivity index (χ3v) is 7.59. The van der Waals surface area contributed by atoms with Gasteiger partial charge in [0.05, 0.1) is 12.7 Å². The van der Waals surface area contributed by atoms with E-state index < -0.39 is 0 Å². The Labute approximate surface area is 190 Å². The van der Waals surface area contributed by atoms with Gasteiger partial charge in [-0.1, -0.05) is 30.3 Å². The Hall–Kier alpha value is -2.24. The molecule has 0 unspecified atom stereocenters. The standard InChI is InChI=1S/C27H33FN2O2/c28-23-8-5-6-21(16-23)17-24-18-27(20-32-24)10-14-30(15-11-27)26(31)25-9-2-1-7-22(25)19-29-12-3-4-13-29/h1-2,5-9,16,24H,3-4,10-15,17-20H2/t24-/m1/s1. The van der Waals surface area contributed by atoms with Crippen LogP contribution < -0.4 is 0 Å². The van der Waals surface area contributed by atoms with Crippen molar-refractivity contribution in [2.24, 2.45) is 5.41 Å². The van der Waals surface area contributed by atoms with E-state index in [-0.39, 0.29) is 23.2 Å². The van der Waals surface area contributed by atoms with E-state index in [1.807, 2.05) is 29.2 Å². The number of carbonyl (C=O) groups excluding carboxylic acids is 1. The summed E-state index contributed by atoms with van der Waals surface area (Å²) in [5, 5.41) is 0. The van der Waals surface area contributed by atoms with Crippen LogP contribution in [0.3, 0.4) is 0 Å². The van der Waals surface area contributed by atoms with Gasteiger partial charge in [0.1, 0.15) is 5.82 Å². The van der Waals surface area contributed by atoms with E-state index in [9.17, 15) is 9.18 Å². The van der Waals surface area contributed by atoms with Crippen LogP contribution in [0.1, 0.15) is 53.6 Å². The first-order valence-corrected chi connectivity index (χ1v) is 12.1. The fourth-order valence-corrected chi connectivity index (χ4v) is 5.70. The van der Waals surface area contributed by atoms with Crippen LogP contribution in [-0.4, -0.2) is 54.6 Å². The Morgan fingerprint density at radius 2 is 1.81 bits per heavy atom. The molecule has 3 heterocycles. The largest absolute Gasteiger partial charge is 0.377 e. The van der Waals surface area contributed by atoms with Crippen molar-refractivity contribution in [1.29, 1.82) is 0 Å². The molecule has 2 aromatic rings. The molecule has 3 fully saturated rings. The van der Waals surface area contributed by atoms with Gasteiger partial charge < -0.3 is 9.64 Å². The zero-order chi connectivity index (χ0) is 22.0. The van der Waals surface area contributed by atoms with Crippen LogP contribution >= 0.6 is 0 Å². The first-order chi connectivity index (χ1) is 15.6. The highest BCUT2D eigenvalue weighted by atomic mass is 19.1. The van der Waals surface area contributed by atoms with Crippen LogP contribution in [0.5, 0.6) is 0 Å². The molecule has 5 heteroatoms. The predicted octanol–water partition coefficient (Wildman–Crippen LogP) is 4.68. The van der Waals surface area contributed by atoms with Crippen LogP contribution in [0.15, 0.2) is 48.5 Å². The number of halogens is 1. The van der Waals surface area contributed by atoms with Crippen molar-refractivity contribution in [3.05, 3.63) is 71.0 Å². The minimum absolute atomic E-state index is 0.139. The second-order valence-corrected chi connectivity index (χ2v) is 9.90. The van der Waals surface area contributed by atoms with Gasteiger partial charge in [0.25, 0.3) is 5.91 Å². The number of hydrogen-bond donors (Lipinski definition) is 0. The topological polar surface area (TPSA) is 32.8 Å². The molecule has 0 bridgehead atoms. The minimum atomic E-state index is -0.188. The van der Waals surface area contributed by atoms with E-state index in [4.69, 9.17) is 4.74 Å². The van der Waals surface area contributed by atoms with Gasteiger partial charge in [-0.15, -0.1) is 0 Å². The Kier molecular flexibility index (Phi) is 6.29. The molecular formula is C27H33FN2O2. The number of ether oxygens (including phenoxy) is 1. The summed E-state index contributed by atoms with van der Waals surface area (Å²) in [4.78, 5) is 17.9. The van der Waals surface area contributed by atoms with Crippen molar-refractivity contribution < 1.29 is 13.9 Å². The summed E-state index contributed by atoms with van der Waals surface area (Å²) in [6.45, 7) is 5.45. The molecule has 4 nitrogen and oxygen atoms in total. The van der Waals surface area contributed by atoms with E-state index in [0.29, 0.717) is 0 Å². The maximum Gasteiger partial charge on any atom is 0.254 e. The summed E-state index contributed by atoms with van der Waals surface area (Å²) in [7, 11) is 0. The maximum absolute atomic E-state index is 13.5. The second kappa shape index (κ2) is 9.32. The number of nitrogens with zero attached hydrogens (tertiary/aromatic N) is 2. The van der Waals surface area contributed by atoms with E-state index in [1.54, 1.807) is 12.1 Å². The summed E-state index contributed by atoms with van der Waals surface area (Å²) in [6.07, 6.45) is 6.36. The molecule has 3 saturated heterocycles. The maximum atomic E-state index is 13.5. The van der Waals surface area contributed by atoms with Crippen molar-refractivity contribution in [3.8, 4) is 0 Å². The Morgan fingerprint density at radius 3 is 2.59 bits per heavy atom. The van der Waals surface area contributed by atoms with Gasteiger partial charge in [0.15, 0.2) is 0 Å². The molecule has 1 amide bonds. The number of amides is 1. The van der Waals surface area contributed by atoms with Crippen molar-refractivity contribution in [2.45, 2.75) is 51.2 Å². The number of rotatable bonds is 5. The lowest BCUT2D eigenvalue weighted by molar-refractivity contribution is 0.0495. The highest BCUT2D eigenvalue weighted by Crippen LogP contribution is 2.43. The van der Waals surface area contributed by atoms with Crippen molar-refractivity contribution in [2.75, 3.05) is 32.8 Å². The van der Waals surface area contributed by atoms with Crippen LogP contribution in [0, 0.1) is 11.2 Å². The Balaban J connectivity index is 1.18. The van der Waals surface area contributed by atoms with Gasteiger partial charge in [-0.3, -0.25) is 9.69 Å². The number of likely N-dealkylation sites (tertiary alicyclic amines) is 2. The summed E-state index contributed by atoms with van der Waals surface area (Å²) in [5.41, 5.74) is 3.17. The van der Waals surface area contributed by atoms with Gasteiger partial charge in [-0.05, 0) is 86.4 Å². The highest BCUT2D eigenvalue weighted by Gasteiger charge is 2.43. The minimum Gasteiger partial charge on any atom is -0.377 e. The van der Waals surface area contributed by atoms with Gasteiger partial charge in [0, 0.05) is 25.2 Å². The average Bonchev–Trinajstić information content (AvgIpc) is 3.45. The molecule has 1 atom stereocenters. The third kappa shape index (κ3) is 4.74. The monoisotopic (exact) mass is 436 g/mol. The number of hydrogen-bond acceptors (Lipinski definition) is 3. The van der Waals surface area contributed by atoms with Crippen molar-refractivity contribution >= 4 is 5.91 Å². The van der Waals surface area contributed by atoms with Crippen LogP contribution in [-0.2, 0) is 17.7 Å². The quantitative estimate of drug-likeness (QED) is 0.683. The molecule has 5 rings (SSSR count). The normalized spacial score (nSPS) is 23.2. The van der Waals surface area contributed by atoms with E-state index in [2.05, 4.69) is 11.0 Å². The molecule has 3 aliphatic heterocycles. The smallest absolute Gasteiger partial charge is 0.254 e. The summed E-state index contributed by atoms with van der Waals surface area (Å²) in [5.74, 6) is -0.0167. The first kappa shape index (κ1) is 21.6. The molecule has 0 aliphatic carbocycles. The van der Waals surface area contributed by atoms with Crippen molar-refractivity contribution in [1.82, 2.24) is 9.80 Å². The lowest BCUT2D eigenvalue weighted by atomic mass is 9.76. The van der Waals surface area contributed by atoms with Crippen LogP contribution in [0.25, 0.3) is 0 Å². The van der Waals surface area contributed by atoms with E-state index in [1.165, 1.54) is 18.9 Å². The summed E-state index contributed by atoms with van der Waals surface area (Å²) >= 11 is 0.